The van der Waals surface area contributed by atoms with Crippen molar-refractivity contribution in [1.29, 1.82) is 5.26 Å². The topological polar surface area (TPSA) is 42.2 Å². The van der Waals surface area contributed by atoms with Crippen molar-refractivity contribution in [2.45, 2.75) is 26.7 Å². The first kappa shape index (κ1) is 12.4. The van der Waals surface area contributed by atoms with E-state index in [-0.39, 0.29) is 6.61 Å². The van der Waals surface area contributed by atoms with Gasteiger partial charge in [0.25, 0.3) is 0 Å². The molecule has 0 spiro atoms. The van der Waals surface area contributed by atoms with Crippen LogP contribution in [-0.4, -0.2) is 13.7 Å². The van der Waals surface area contributed by atoms with Crippen molar-refractivity contribution in [2.75, 3.05) is 13.7 Å². The minimum Gasteiger partial charge on any atom is -0.496 e. The van der Waals surface area contributed by atoms with Crippen LogP contribution in [0, 0.1) is 18.3 Å². The van der Waals surface area contributed by atoms with Crippen LogP contribution in [0.25, 0.3) is 0 Å². The van der Waals surface area contributed by atoms with E-state index in [9.17, 15) is 0 Å². The van der Waals surface area contributed by atoms with E-state index in [2.05, 4.69) is 13.8 Å². The van der Waals surface area contributed by atoms with Gasteiger partial charge in [-0.25, -0.2) is 0 Å². The second-order valence-corrected chi connectivity index (χ2v) is 3.96. The quantitative estimate of drug-likeness (QED) is 0.781. The maximum absolute atomic E-state index is 8.53. The molecular weight excluding hydrogens is 202 g/mol. The van der Waals surface area contributed by atoms with Gasteiger partial charge in [-0.3, -0.25) is 0 Å². The van der Waals surface area contributed by atoms with Gasteiger partial charge in [0.15, 0.2) is 6.61 Å². The molecule has 0 aliphatic carbocycles. The van der Waals surface area contributed by atoms with Crippen LogP contribution < -0.4 is 9.47 Å². The molecule has 0 atom stereocenters. The molecule has 0 aliphatic heterocycles. The lowest BCUT2D eigenvalue weighted by Crippen LogP contribution is -2.01. The Bertz CT molecular complexity index is 405. The normalized spacial score (nSPS) is 10.0. The van der Waals surface area contributed by atoms with Crippen LogP contribution in [-0.2, 0) is 0 Å². The van der Waals surface area contributed by atoms with Gasteiger partial charge in [0, 0.05) is 5.56 Å². The summed E-state index contributed by atoms with van der Waals surface area (Å²) in [5, 5.41) is 8.53. The third-order valence-electron chi connectivity index (χ3n) is 2.44. The molecule has 0 bridgehead atoms. The predicted molar refractivity (Wildman–Crippen MR) is 62.9 cm³/mol. The number of nitrogens with zero attached hydrogens (tertiary/aromatic N) is 1. The number of rotatable bonds is 4. The van der Waals surface area contributed by atoms with E-state index in [1.54, 1.807) is 7.11 Å². The summed E-state index contributed by atoms with van der Waals surface area (Å²) in [6, 6.07) is 5.88. The summed E-state index contributed by atoms with van der Waals surface area (Å²) >= 11 is 0. The fourth-order valence-corrected chi connectivity index (χ4v) is 1.58. The minimum atomic E-state index is 0.0749. The third-order valence-corrected chi connectivity index (χ3v) is 2.44. The summed E-state index contributed by atoms with van der Waals surface area (Å²) in [5.74, 6) is 1.96. The van der Waals surface area contributed by atoms with Crippen molar-refractivity contribution in [3.05, 3.63) is 23.3 Å². The monoisotopic (exact) mass is 219 g/mol. The number of hydrogen-bond acceptors (Lipinski definition) is 3. The summed E-state index contributed by atoms with van der Waals surface area (Å²) < 4.78 is 10.7. The van der Waals surface area contributed by atoms with E-state index >= 15 is 0 Å². The van der Waals surface area contributed by atoms with Gasteiger partial charge < -0.3 is 9.47 Å². The summed E-state index contributed by atoms with van der Waals surface area (Å²) in [5.41, 5.74) is 2.08. The molecule has 16 heavy (non-hydrogen) atoms. The molecule has 0 saturated carbocycles. The molecule has 0 unspecified atom stereocenters. The molecule has 3 nitrogen and oxygen atoms in total. The molecule has 1 aromatic carbocycles. The second kappa shape index (κ2) is 5.41. The van der Waals surface area contributed by atoms with Crippen molar-refractivity contribution >= 4 is 0 Å². The number of nitriles is 1. The van der Waals surface area contributed by atoms with Gasteiger partial charge in [-0.05, 0) is 30.5 Å². The maximum atomic E-state index is 8.53. The zero-order chi connectivity index (χ0) is 12.1. The average Bonchev–Trinajstić information content (AvgIpc) is 2.25. The van der Waals surface area contributed by atoms with Gasteiger partial charge in [0.2, 0.25) is 0 Å². The first-order chi connectivity index (χ1) is 7.60. The van der Waals surface area contributed by atoms with Gasteiger partial charge in [-0.15, -0.1) is 0 Å². The van der Waals surface area contributed by atoms with Crippen molar-refractivity contribution in [1.82, 2.24) is 0 Å². The highest BCUT2D eigenvalue weighted by molar-refractivity contribution is 5.47. The number of methoxy groups -OCH3 is 1. The Hall–Kier alpha value is -1.69. The second-order valence-electron chi connectivity index (χ2n) is 3.96. The Morgan fingerprint density at radius 1 is 1.31 bits per heavy atom. The molecule has 0 amide bonds. The Balaban J connectivity index is 3.15. The van der Waals surface area contributed by atoms with Gasteiger partial charge >= 0.3 is 0 Å². The van der Waals surface area contributed by atoms with Crippen molar-refractivity contribution in [3.63, 3.8) is 0 Å². The highest BCUT2D eigenvalue weighted by atomic mass is 16.5. The van der Waals surface area contributed by atoms with Crippen LogP contribution in [0.3, 0.4) is 0 Å². The lowest BCUT2D eigenvalue weighted by molar-refractivity contribution is 0.359. The molecule has 1 rings (SSSR count). The fourth-order valence-electron chi connectivity index (χ4n) is 1.58. The largest absolute Gasteiger partial charge is 0.496 e. The number of hydrogen-bond donors (Lipinski definition) is 0. The van der Waals surface area contributed by atoms with Crippen LogP contribution in [0.4, 0.5) is 0 Å². The van der Waals surface area contributed by atoms with Gasteiger partial charge in [0.1, 0.15) is 17.6 Å². The SMILES string of the molecule is COc1cc(C(C)C)c(OCC#N)cc1C. The first-order valence-electron chi connectivity index (χ1n) is 5.28. The Morgan fingerprint density at radius 3 is 2.50 bits per heavy atom. The molecule has 0 saturated heterocycles. The van der Waals surface area contributed by atoms with E-state index in [4.69, 9.17) is 14.7 Å². The fraction of sp³-hybridized carbons (Fsp3) is 0.462. The molecule has 0 radical (unpaired) electrons. The van der Waals surface area contributed by atoms with Crippen molar-refractivity contribution in [2.24, 2.45) is 0 Å². The van der Waals surface area contributed by atoms with Crippen LogP contribution in [0.5, 0.6) is 11.5 Å². The van der Waals surface area contributed by atoms with Gasteiger partial charge in [0.05, 0.1) is 7.11 Å². The van der Waals surface area contributed by atoms with Crippen molar-refractivity contribution in [3.8, 4) is 17.6 Å². The molecule has 0 aliphatic rings. The van der Waals surface area contributed by atoms with E-state index in [1.807, 2.05) is 25.1 Å². The van der Waals surface area contributed by atoms with E-state index < -0.39 is 0 Å². The highest BCUT2D eigenvalue weighted by Crippen LogP contribution is 2.33. The molecule has 0 heterocycles. The number of ether oxygens (including phenoxy) is 2. The van der Waals surface area contributed by atoms with E-state index in [0.29, 0.717) is 5.92 Å². The zero-order valence-corrected chi connectivity index (χ0v) is 10.2. The summed E-state index contributed by atoms with van der Waals surface area (Å²) in [6.45, 7) is 6.21. The summed E-state index contributed by atoms with van der Waals surface area (Å²) in [6.07, 6.45) is 0. The highest BCUT2D eigenvalue weighted by Gasteiger charge is 2.12. The van der Waals surface area contributed by atoms with Crippen LogP contribution >= 0.6 is 0 Å². The predicted octanol–water partition coefficient (Wildman–Crippen LogP) is 3.03. The van der Waals surface area contributed by atoms with Crippen LogP contribution in [0.2, 0.25) is 0 Å². The molecule has 86 valence electrons. The molecule has 1 aromatic rings. The molecule has 0 aromatic heterocycles. The summed E-state index contributed by atoms with van der Waals surface area (Å²) in [4.78, 5) is 0. The Morgan fingerprint density at radius 2 is 2.00 bits per heavy atom. The van der Waals surface area contributed by atoms with Crippen LogP contribution in [0.15, 0.2) is 12.1 Å². The molecule has 3 heteroatoms. The molecular formula is C13H17NO2. The minimum absolute atomic E-state index is 0.0749. The lowest BCUT2D eigenvalue weighted by atomic mass is 10.00. The van der Waals surface area contributed by atoms with E-state index in [0.717, 1.165) is 22.6 Å². The maximum Gasteiger partial charge on any atom is 0.174 e. The van der Waals surface area contributed by atoms with Gasteiger partial charge in [-0.1, -0.05) is 13.8 Å². The smallest absolute Gasteiger partial charge is 0.174 e. The van der Waals surface area contributed by atoms with E-state index in [1.165, 1.54) is 0 Å². The zero-order valence-electron chi connectivity index (χ0n) is 10.2. The van der Waals surface area contributed by atoms with Crippen molar-refractivity contribution < 1.29 is 9.47 Å². The molecule has 0 fully saturated rings. The summed E-state index contributed by atoms with van der Waals surface area (Å²) in [7, 11) is 1.66. The Kier molecular flexibility index (Phi) is 4.19. The van der Waals surface area contributed by atoms with Crippen LogP contribution in [0.1, 0.15) is 30.9 Å². The number of benzene rings is 1. The third kappa shape index (κ3) is 2.66. The van der Waals surface area contributed by atoms with Gasteiger partial charge in [-0.2, -0.15) is 5.26 Å². The first-order valence-corrected chi connectivity index (χ1v) is 5.28. The Labute approximate surface area is 96.6 Å². The average molecular weight is 219 g/mol. The lowest BCUT2D eigenvalue weighted by Gasteiger charge is -2.15. The molecule has 0 N–H and O–H groups in total. The standard InChI is InChI=1S/C13H17NO2/c1-9(2)11-8-12(15-4)10(3)7-13(11)16-6-5-14/h7-9H,6H2,1-4H3. The number of aryl methyl sites for hydroxylation is 1.